The van der Waals surface area contributed by atoms with Gasteiger partial charge in [0, 0.05) is 24.2 Å². The second kappa shape index (κ2) is 9.68. The van der Waals surface area contributed by atoms with E-state index in [9.17, 15) is 4.79 Å². The minimum atomic E-state index is -0.202. The van der Waals surface area contributed by atoms with E-state index in [-0.39, 0.29) is 11.9 Å². The molecule has 1 amide bonds. The van der Waals surface area contributed by atoms with Crippen molar-refractivity contribution in [3.05, 3.63) is 71.9 Å². The zero-order valence-corrected chi connectivity index (χ0v) is 17.0. The molecule has 1 atom stereocenters. The van der Waals surface area contributed by atoms with Gasteiger partial charge in [-0.2, -0.15) is 0 Å². The summed E-state index contributed by atoms with van der Waals surface area (Å²) in [7, 11) is 1.64. The molecule has 0 saturated heterocycles. The summed E-state index contributed by atoms with van der Waals surface area (Å²) in [6, 6.07) is 19.2. The van der Waals surface area contributed by atoms with Gasteiger partial charge in [0.15, 0.2) is 5.82 Å². The molecular weight excluding hydrogens is 364 g/mol. The van der Waals surface area contributed by atoms with Crippen molar-refractivity contribution in [3.8, 4) is 17.1 Å². The Morgan fingerprint density at radius 1 is 1.07 bits per heavy atom. The molecule has 150 valence electrons. The van der Waals surface area contributed by atoms with Crippen LogP contribution in [0.3, 0.4) is 0 Å². The molecule has 0 spiro atoms. The molecule has 0 aliphatic carbocycles. The Bertz CT molecular complexity index is 943. The van der Waals surface area contributed by atoms with E-state index in [2.05, 4.69) is 20.6 Å². The lowest BCUT2D eigenvalue weighted by Gasteiger charge is -2.13. The van der Waals surface area contributed by atoms with Gasteiger partial charge in [0.25, 0.3) is 5.91 Å². The number of hydrogen-bond acceptors (Lipinski definition) is 5. The number of benzene rings is 2. The first-order valence-electron chi connectivity index (χ1n) is 9.71. The summed E-state index contributed by atoms with van der Waals surface area (Å²) in [6.07, 6.45) is 0.852. The van der Waals surface area contributed by atoms with E-state index in [0.29, 0.717) is 23.9 Å². The third kappa shape index (κ3) is 5.54. The van der Waals surface area contributed by atoms with Crippen molar-refractivity contribution in [2.24, 2.45) is 0 Å². The van der Waals surface area contributed by atoms with E-state index in [0.717, 1.165) is 23.3 Å². The Hall–Kier alpha value is -3.41. The van der Waals surface area contributed by atoms with Crippen molar-refractivity contribution in [2.75, 3.05) is 12.4 Å². The molecule has 1 heterocycles. The Morgan fingerprint density at radius 2 is 1.79 bits per heavy atom. The highest BCUT2D eigenvalue weighted by Crippen LogP contribution is 2.19. The van der Waals surface area contributed by atoms with E-state index in [4.69, 9.17) is 4.74 Å². The summed E-state index contributed by atoms with van der Waals surface area (Å²) in [6.45, 7) is 4.57. The lowest BCUT2D eigenvalue weighted by atomic mass is 10.2. The summed E-state index contributed by atoms with van der Waals surface area (Å²) in [5.74, 6) is 1.72. The zero-order valence-electron chi connectivity index (χ0n) is 17.0. The van der Waals surface area contributed by atoms with Crippen molar-refractivity contribution in [2.45, 2.75) is 32.9 Å². The standard InChI is InChI=1S/C23H26N4O2/c1-4-16(2)25-23(28)20-14-21(24-15-17-10-12-19(29-3)13-11-17)27-22(26-20)18-8-6-5-7-9-18/h5-14,16H,4,15H2,1-3H3,(H,25,28)(H,24,26,27). The van der Waals surface area contributed by atoms with Crippen LogP contribution in [-0.4, -0.2) is 29.0 Å². The lowest BCUT2D eigenvalue weighted by molar-refractivity contribution is 0.0934. The first kappa shape index (κ1) is 20.3. The first-order valence-corrected chi connectivity index (χ1v) is 9.71. The van der Waals surface area contributed by atoms with Gasteiger partial charge in [0.05, 0.1) is 7.11 Å². The van der Waals surface area contributed by atoms with Gasteiger partial charge in [-0.15, -0.1) is 0 Å². The van der Waals surface area contributed by atoms with Crippen LogP contribution < -0.4 is 15.4 Å². The van der Waals surface area contributed by atoms with Gasteiger partial charge in [-0.1, -0.05) is 49.4 Å². The quantitative estimate of drug-likeness (QED) is 0.600. The minimum Gasteiger partial charge on any atom is -0.497 e. The topological polar surface area (TPSA) is 76.1 Å². The number of carbonyl (C=O) groups excluding carboxylic acids is 1. The molecule has 0 radical (unpaired) electrons. The number of nitrogens with one attached hydrogen (secondary N) is 2. The van der Waals surface area contributed by atoms with Crippen molar-refractivity contribution in [3.63, 3.8) is 0 Å². The number of anilines is 1. The highest BCUT2D eigenvalue weighted by molar-refractivity contribution is 5.93. The van der Waals surface area contributed by atoms with Crippen LogP contribution in [0.15, 0.2) is 60.7 Å². The predicted octanol–water partition coefficient (Wildman–Crippen LogP) is 4.29. The van der Waals surface area contributed by atoms with Crippen LogP contribution >= 0.6 is 0 Å². The summed E-state index contributed by atoms with van der Waals surface area (Å²) < 4.78 is 5.19. The van der Waals surface area contributed by atoms with Crippen molar-refractivity contribution in [1.29, 1.82) is 0 Å². The molecule has 3 rings (SSSR count). The average molecular weight is 390 g/mol. The van der Waals surface area contributed by atoms with Gasteiger partial charge < -0.3 is 15.4 Å². The molecule has 29 heavy (non-hydrogen) atoms. The molecule has 0 fully saturated rings. The fourth-order valence-electron chi connectivity index (χ4n) is 2.71. The molecule has 0 saturated carbocycles. The minimum absolute atomic E-state index is 0.0772. The van der Waals surface area contributed by atoms with E-state index in [1.165, 1.54) is 0 Å². The van der Waals surface area contributed by atoms with E-state index >= 15 is 0 Å². The SMILES string of the molecule is CCC(C)NC(=O)c1cc(NCc2ccc(OC)cc2)nc(-c2ccccc2)n1. The van der Waals surface area contributed by atoms with Crippen molar-refractivity contribution < 1.29 is 9.53 Å². The molecule has 0 aliphatic rings. The number of hydrogen-bond donors (Lipinski definition) is 2. The molecule has 1 aromatic heterocycles. The van der Waals surface area contributed by atoms with Gasteiger partial charge >= 0.3 is 0 Å². The Balaban J connectivity index is 1.86. The Kier molecular flexibility index (Phi) is 6.79. The molecule has 2 aromatic carbocycles. The van der Waals surface area contributed by atoms with Crippen LogP contribution in [0.2, 0.25) is 0 Å². The highest BCUT2D eigenvalue weighted by Gasteiger charge is 2.14. The number of amides is 1. The van der Waals surface area contributed by atoms with E-state index in [1.54, 1.807) is 13.2 Å². The maximum atomic E-state index is 12.7. The van der Waals surface area contributed by atoms with Crippen LogP contribution in [0.5, 0.6) is 5.75 Å². The number of nitrogens with zero attached hydrogens (tertiary/aromatic N) is 2. The lowest BCUT2D eigenvalue weighted by Crippen LogP contribution is -2.32. The second-order valence-electron chi connectivity index (χ2n) is 6.81. The normalized spacial score (nSPS) is 11.6. The van der Waals surface area contributed by atoms with E-state index in [1.807, 2.05) is 68.4 Å². The number of carbonyl (C=O) groups is 1. The molecule has 2 N–H and O–H groups in total. The zero-order chi connectivity index (χ0) is 20.6. The molecule has 6 heteroatoms. The number of methoxy groups -OCH3 is 1. The molecular formula is C23H26N4O2. The van der Waals surface area contributed by atoms with Crippen LogP contribution in [0.1, 0.15) is 36.3 Å². The number of ether oxygens (including phenoxy) is 1. The molecule has 3 aromatic rings. The van der Waals surface area contributed by atoms with E-state index < -0.39 is 0 Å². The van der Waals surface area contributed by atoms with Crippen LogP contribution in [-0.2, 0) is 6.54 Å². The number of aromatic nitrogens is 2. The van der Waals surface area contributed by atoms with Gasteiger partial charge in [-0.05, 0) is 31.0 Å². The molecule has 6 nitrogen and oxygen atoms in total. The van der Waals surface area contributed by atoms with Gasteiger partial charge in [0.1, 0.15) is 17.3 Å². The van der Waals surface area contributed by atoms with Gasteiger partial charge in [-0.3, -0.25) is 4.79 Å². The second-order valence-corrected chi connectivity index (χ2v) is 6.81. The maximum Gasteiger partial charge on any atom is 0.270 e. The fourth-order valence-corrected chi connectivity index (χ4v) is 2.71. The molecule has 1 unspecified atom stereocenters. The smallest absolute Gasteiger partial charge is 0.270 e. The molecule has 0 bridgehead atoms. The van der Waals surface area contributed by atoms with Crippen molar-refractivity contribution >= 4 is 11.7 Å². The predicted molar refractivity (Wildman–Crippen MR) is 115 cm³/mol. The number of rotatable bonds is 8. The summed E-state index contributed by atoms with van der Waals surface area (Å²) >= 11 is 0. The maximum absolute atomic E-state index is 12.7. The van der Waals surface area contributed by atoms with Crippen LogP contribution in [0.25, 0.3) is 11.4 Å². The Morgan fingerprint density at radius 3 is 2.45 bits per heavy atom. The summed E-state index contributed by atoms with van der Waals surface area (Å²) in [4.78, 5) is 21.7. The largest absolute Gasteiger partial charge is 0.497 e. The van der Waals surface area contributed by atoms with Crippen LogP contribution in [0, 0.1) is 0 Å². The summed E-state index contributed by atoms with van der Waals surface area (Å²) in [5.41, 5.74) is 2.28. The third-order valence-corrected chi connectivity index (χ3v) is 4.61. The van der Waals surface area contributed by atoms with Crippen molar-refractivity contribution in [1.82, 2.24) is 15.3 Å². The van der Waals surface area contributed by atoms with Gasteiger partial charge in [0.2, 0.25) is 0 Å². The van der Waals surface area contributed by atoms with Gasteiger partial charge in [-0.25, -0.2) is 9.97 Å². The first-order chi connectivity index (χ1) is 14.1. The summed E-state index contributed by atoms with van der Waals surface area (Å²) in [5, 5.41) is 6.27. The highest BCUT2D eigenvalue weighted by atomic mass is 16.5. The third-order valence-electron chi connectivity index (χ3n) is 4.61. The van der Waals surface area contributed by atoms with Crippen LogP contribution in [0.4, 0.5) is 5.82 Å². The monoisotopic (exact) mass is 390 g/mol. The molecule has 0 aliphatic heterocycles. The average Bonchev–Trinajstić information content (AvgIpc) is 2.78. The fraction of sp³-hybridized carbons (Fsp3) is 0.261. The Labute approximate surface area is 171 Å².